The van der Waals surface area contributed by atoms with Crippen LogP contribution in [-0.4, -0.2) is 47.9 Å². The van der Waals surface area contributed by atoms with Gasteiger partial charge in [-0.3, -0.25) is 9.69 Å². The number of ketones is 1. The zero-order chi connectivity index (χ0) is 15.3. The van der Waals surface area contributed by atoms with E-state index < -0.39 is 0 Å². The van der Waals surface area contributed by atoms with E-state index in [9.17, 15) is 4.79 Å². The minimum atomic E-state index is -0.212. The highest BCUT2D eigenvalue weighted by molar-refractivity contribution is 5.97. The van der Waals surface area contributed by atoms with Crippen LogP contribution in [-0.2, 0) is 4.79 Å². The summed E-state index contributed by atoms with van der Waals surface area (Å²) in [5, 5.41) is 0. The monoisotopic (exact) mass is 287 g/mol. The molecule has 0 amide bonds. The lowest BCUT2D eigenvalue weighted by atomic mass is 9.50. The highest BCUT2D eigenvalue weighted by atomic mass is 16.1. The molecule has 4 heteroatoms. The van der Waals surface area contributed by atoms with Crippen LogP contribution in [0.2, 0.25) is 0 Å². The van der Waals surface area contributed by atoms with E-state index in [0.29, 0.717) is 11.8 Å². The third-order valence-corrected chi connectivity index (χ3v) is 5.19. The second kappa shape index (κ2) is 4.80. The van der Waals surface area contributed by atoms with Crippen LogP contribution in [0, 0.1) is 10.8 Å². The van der Waals surface area contributed by atoms with Crippen molar-refractivity contribution in [3.63, 3.8) is 0 Å². The second-order valence-electron chi connectivity index (χ2n) is 7.39. The summed E-state index contributed by atoms with van der Waals surface area (Å²) >= 11 is 0. The van der Waals surface area contributed by atoms with Crippen molar-refractivity contribution in [1.29, 1.82) is 0 Å². The molecule has 1 aliphatic carbocycles. The maximum absolute atomic E-state index is 12.3. The van der Waals surface area contributed by atoms with Crippen molar-refractivity contribution in [3.05, 3.63) is 24.4 Å². The molecule has 1 aromatic rings. The molecular formula is C17H25N3O. The summed E-state index contributed by atoms with van der Waals surface area (Å²) in [6, 6.07) is 6.40. The van der Waals surface area contributed by atoms with E-state index in [1.165, 1.54) is 0 Å². The molecule has 2 aliphatic rings. The van der Waals surface area contributed by atoms with Crippen molar-refractivity contribution >= 4 is 11.6 Å². The van der Waals surface area contributed by atoms with E-state index in [-0.39, 0.29) is 10.8 Å². The standard InChI is InChI=1S/C17H25N3O/c1-16(2)14(17(3,4)15(16)21)20-11-9-19(10-12-20)13-7-5-6-8-18-13/h5-8,14H,9-12H2,1-4H3. The molecule has 4 nitrogen and oxygen atoms in total. The maximum atomic E-state index is 12.3. The largest absolute Gasteiger partial charge is 0.354 e. The molecule has 0 unspecified atom stereocenters. The van der Waals surface area contributed by atoms with E-state index in [1.807, 2.05) is 18.3 Å². The fraction of sp³-hybridized carbons (Fsp3) is 0.647. The van der Waals surface area contributed by atoms with Crippen molar-refractivity contribution in [1.82, 2.24) is 9.88 Å². The van der Waals surface area contributed by atoms with Gasteiger partial charge in [-0.25, -0.2) is 4.98 Å². The van der Waals surface area contributed by atoms with Gasteiger partial charge in [0.25, 0.3) is 0 Å². The second-order valence-corrected chi connectivity index (χ2v) is 7.39. The quantitative estimate of drug-likeness (QED) is 0.835. The summed E-state index contributed by atoms with van der Waals surface area (Å²) in [6.45, 7) is 12.3. The van der Waals surface area contributed by atoms with Gasteiger partial charge in [0, 0.05) is 49.2 Å². The number of nitrogens with zero attached hydrogens (tertiary/aromatic N) is 3. The molecule has 0 spiro atoms. The zero-order valence-electron chi connectivity index (χ0n) is 13.5. The lowest BCUT2D eigenvalue weighted by molar-refractivity contribution is -0.170. The first-order valence-corrected chi connectivity index (χ1v) is 7.80. The summed E-state index contributed by atoms with van der Waals surface area (Å²) in [7, 11) is 0. The number of hydrogen-bond acceptors (Lipinski definition) is 4. The van der Waals surface area contributed by atoms with Gasteiger partial charge in [-0.15, -0.1) is 0 Å². The number of hydrogen-bond donors (Lipinski definition) is 0. The minimum Gasteiger partial charge on any atom is -0.354 e. The maximum Gasteiger partial charge on any atom is 0.147 e. The molecule has 21 heavy (non-hydrogen) atoms. The molecule has 0 aromatic carbocycles. The van der Waals surface area contributed by atoms with Crippen molar-refractivity contribution in [2.75, 3.05) is 31.1 Å². The Morgan fingerprint density at radius 3 is 2.19 bits per heavy atom. The van der Waals surface area contributed by atoms with Crippen LogP contribution in [0.4, 0.5) is 5.82 Å². The Bertz CT molecular complexity index is 512. The Morgan fingerprint density at radius 2 is 1.67 bits per heavy atom. The first-order chi connectivity index (χ1) is 9.85. The molecule has 1 aliphatic heterocycles. The van der Waals surface area contributed by atoms with Crippen LogP contribution in [0.1, 0.15) is 27.7 Å². The molecule has 1 aromatic heterocycles. The van der Waals surface area contributed by atoms with Crippen molar-refractivity contribution in [3.8, 4) is 0 Å². The van der Waals surface area contributed by atoms with Crippen LogP contribution < -0.4 is 4.90 Å². The molecule has 3 rings (SSSR count). The average molecular weight is 287 g/mol. The Kier molecular flexibility index (Phi) is 3.32. The van der Waals surface area contributed by atoms with Gasteiger partial charge in [-0.2, -0.15) is 0 Å². The number of piperazine rings is 1. The van der Waals surface area contributed by atoms with Crippen LogP contribution >= 0.6 is 0 Å². The Labute approximate surface area is 127 Å². The van der Waals surface area contributed by atoms with Gasteiger partial charge in [0.15, 0.2) is 0 Å². The smallest absolute Gasteiger partial charge is 0.147 e. The number of carbonyl (C=O) groups is 1. The summed E-state index contributed by atoms with van der Waals surface area (Å²) in [6.07, 6.45) is 1.85. The van der Waals surface area contributed by atoms with E-state index in [1.54, 1.807) is 0 Å². The van der Waals surface area contributed by atoms with Crippen molar-refractivity contribution < 1.29 is 4.79 Å². The number of pyridine rings is 1. The van der Waals surface area contributed by atoms with Crippen molar-refractivity contribution in [2.45, 2.75) is 33.7 Å². The first-order valence-electron chi connectivity index (χ1n) is 7.80. The SMILES string of the molecule is CC1(C)C(=O)C(C)(C)C1N1CCN(c2ccccn2)CC1. The predicted octanol–water partition coefficient (Wildman–Crippen LogP) is 2.21. The zero-order valence-corrected chi connectivity index (χ0v) is 13.5. The van der Waals surface area contributed by atoms with E-state index in [4.69, 9.17) is 0 Å². The molecule has 1 saturated carbocycles. The third-order valence-electron chi connectivity index (χ3n) is 5.19. The van der Waals surface area contributed by atoms with E-state index in [2.05, 4.69) is 48.5 Å². The lowest BCUT2D eigenvalue weighted by Gasteiger charge is -2.60. The summed E-state index contributed by atoms with van der Waals surface area (Å²) in [5.41, 5.74) is -0.423. The average Bonchev–Trinajstić information content (AvgIpc) is 2.48. The van der Waals surface area contributed by atoms with Gasteiger partial charge in [-0.1, -0.05) is 33.8 Å². The fourth-order valence-electron chi connectivity index (χ4n) is 4.57. The molecular weight excluding hydrogens is 262 g/mol. The molecule has 0 N–H and O–H groups in total. The summed E-state index contributed by atoms with van der Waals surface area (Å²) in [4.78, 5) is 21.6. The highest BCUT2D eigenvalue weighted by Crippen LogP contribution is 2.53. The molecule has 1 saturated heterocycles. The van der Waals surface area contributed by atoms with E-state index in [0.717, 1.165) is 32.0 Å². The number of Topliss-reactive ketones (excluding diaryl/α,β-unsaturated/α-hetero) is 1. The molecule has 0 atom stereocenters. The first kappa shape index (κ1) is 14.5. The molecule has 2 fully saturated rings. The number of carbonyl (C=O) groups excluding carboxylic acids is 1. The molecule has 0 radical (unpaired) electrons. The van der Waals surface area contributed by atoms with Gasteiger partial charge in [0.1, 0.15) is 11.6 Å². The Hall–Kier alpha value is -1.42. The van der Waals surface area contributed by atoms with E-state index >= 15 is 0 Å². The number of anilines is 1. The van der Waals surface area contributed by atoms with Crippen LogP contribution in [0.5, 0.6) is 0 Å². The number of rotatable bonds is 2. The van der Waals surface area contributed by atoms with Gasteiger partial charge < -0.3 is 4.90 Å². The van der Waals surface area contributed by atoms with Gasteiger partial charge in [0.2, 0.25) is 0 Å². The fourth-order valence-corrected chi connectivity index (χ4v) is 4.57. The van der Waals surface area contributed by atoms with Gasteiger partial charge in [0.05, 0.1) is 0 Å². The number of aromatic nitrogens is 1. The summed E-state index contributed by atoms with van der Waals surface area (Å²) < 4.78 is 0. The van der Waals surface area contributed by atoms with Crippen LogP contribution in [0.3, 0.4) is 0 Å². The lowest BCUT2D eigenvalue weighted by Crippen LogP contribution is -2.72. The molecule has 0 bridgehead atoms. The third kappa shape index (κ3) is 2.16. The Morgan fingerprint density at radius 1 is 1.05 bits per heavy atom. The minimum absolute atomic E-state index is 0.212. The normalized spacial score (nSPS) is 25.7. The van der Waals surface area contributed by atoms with Gasteiger partial charge >= 0.3 is 0 Å². The van der Waals surface area contributed by atoms with Crippen molar-refractivity contribution in [2.24, 2.45) is 10.8 Å². The Balaban J connectivity index is 1.68. The molecule has 2 heterocycles. The summed E-state index contributed by atoms with van der Waals surface area (Å²) in [5.74, 6) is 1.45. The van der Waals surface area contributed by atoms with Crippen LogP contribution in [0.15, 0.2) is 24.4 Å². The predicted molar refractivity (Wildman–Crippen MR) is 84.4 cm³/mol. The highest BCUT2D eigenvalue weighted by Gasteiger charge is 2.63. The van der Waals surface area contributed by atoms with Gasteiger partial charge in [-0.05, 0) is 12.1 Å². The topological polar surface area (TPSA) is 36.4 Å². The van der Waals surface area contributed by atoms with Crippen LogP contribution in [0.25, 0.3) is 0 Å². The molecule has 114 valence electrons.